The quantitative estimate of drug-likeness (QED) is 0.715. The maximum atomic E-state index is 11.2. The van der Waals surface area contributed by atoms with Crippen molar-refractivity contribution in [2.45, 2.75) is 19.8 Å². The number of hydrogen-bond donors (Lipinski definition) is 0. The highest BCUT2D eigenvalue weighted by atomic mass is 35.5. The van der Waals surface area contributed by atoms with Crippen LogP contribution >= 0.6 is 11.6 Å². The molecule has 0 spiro atoms. The zero-order valence-electron chi connectivity index (χ0n) is 9.16. The number of carbonyl (C=O) groups is 1. The molecular weight excluding hydrogens is 220 g/mol. The summed E-state index contributed by atoms with van der Waals surface area (Å²) in [7, 11) is 0. The van der Waals surface area contributed by atoms with E-state index in [0.29, 0.717) is 6.42 Å². The third-order valence-electron chi connectivity index (χ3n) is 2.74. The molecule has 0 radical (unpaired) electrons. The average molecular weight is 233 g/mol. The van der Waals surface area contributed by atoms with Crippen molar-refractivity contribution >= 4 is 23.5 Å². The maximum absolute atomic E-state index is 11.2. The molecule has 0 aliphatic heterocycles. The molecular formula is C14H13ClO. The molecule has 1 aliphatic rings. The fourth-order valence-electron chi connectivity index (χ4n) is 1.81. The van der Waals surface area contributed by atoms with E-state index < -0.39 is 0 Å². The summed E-state index contributed by atoms with van der Waals surface area (Å²) in [5.74, 6) is 0.228. The van der Waals surface area contributed by atoms with Gasteiger partial charge in [-0.1, -0.05) is 29.8 Å². The first kappa shape index (κ1) is 11.2. The van der Waals surface area contributed by atoms with Crippen molar-refractivity contribution in [2.24, 2.45) is 0 Å². The number of carbonyl (C=O) groups excluding carboxylic acids is 1. The summed E-state index contributed by atoms with van der Waals surface area (Å²) in [6.07, 6.45) is 5.31. The van der Waals surface area contributed by atoms with Gasteiger partial charge in [0.15, 0.2) is 5.78 Å². The summed E-state index contributed by atoms with van der Waals surface area (Å²) < 4.78 is 0. The van der Waals surface area contributed by atoms with Crippen molar-refractivity contribution in [3.8, 4) is 0 Å². The van der Waals surface area contributed by atoms with Crippen LogP contribution in [0.2, 0.25) is 5.02 Å². The SMILES string of the molecule is CC1=CC(=O)CC/C1=C\c1ccc(Cl)cc1. The van der Waals surface area contributed by atoms with Crippen molar-refractivity contribution in [1.29, 1.82) is 0 Å². The Morgan fingerprint density at radius 3 is 2.50 bits per heavy atom. The maximum Gasteiger partial charge on any atom is 0.156 e. The van der Waals surface area contributed by atoms with Crippen molar-refractivity contribution < 1.29 is 4.79 Å². The second-order valence-corrected chi connectivity index (χ2v) is 4.45. The van der Waals surface area contributed by atoms with Gasteiger partial charge >= 0.3 is 0 Å². The number of benzene rings is 1. The summed E-state index contributed by atoms with van der Waals surface area (Å²) in [6, 6.07) is 7.72. The molecule has 1 aliphatic carbocycles. The molecule has 0 amide bonds. The third-order valence-corrected chi connectivity index (χ3v) is 2.99. The standard InChI is InChI=1S/C14H13ClO/c1-10-8-14(16)7-4-12(10)9-11-2-5-13(15)6-3-11/h2-3,5-6,8-9H,4,7H2,1H3/b12-9+. The van der Waals surface area contributed by atoms with Gasteiger partial charge in [-0.05, 0) is 48.3 Å². The normalized spacial score (nSPS) is 18.8. The van der Waals surface area contributed by atoms with Crippen LogP contribution in [0.1, 0.15) is 25.3 Å². The predicted octanol–water partition coefficient (Wildman–Crippen LogP) is 4.03. The van der Waals surface area contributed by atoms with Gasteiger partial charge in [0.25, 0.3) is 0 Å². The molecule has 0 aromatic heterocycles. The summed E-state index contributed by atoms with van der Waals surface area (Å²) in [6.45, 7) is 1.98. The largest absolute Gasteiger partial charge is 0.295 e. The molecule has 0 saturated heterocycles. The number of hydrogen-bond acceptors (Lipinski definition) is 1. The smallest absolute Gasteiger partial charge is 0.156 e. The van der Waals surface area contributed by atoms with E-state index in [1.165, 1.54) is 5.57 Å². The highest BCUT2D eigenvalue weighted by Gasteiger charge is 2.11. The van der Waals surface area contributed by atoms with E-state index in [1.54, 1.807) is 6.08 Å². The van der Waals surface area contributed by atoms with Gasteiger partial charge in [-0.15, -0.1) is 0 Å². The van der Waals surface area contributed by atoms with Crippen molar-refractivity contribution in [3.05, 3.63) is 52.1 Å². The van der Waals surface area contributed by atoms with Gasteiger partial charge in [-0.2, -0.15) is 0 Å². The van der Waals surface area contributed by atoms with E-state index >= 15 is 0 Å². The van der Waals surface area contributed by atoms with Gasteiger partial charge in [0.05, 0.1) is 0 Å². The van der Waals surface area contributed by atoms with E-state index in [1.807, 2.05) is 31.2 Å². The Bertz CT molecular complexity index is 466. The zero-order chi connectivity index (χ0) is 11.5. The lowest BCUT2D eigenvalue weighted by atomic mass is 9.92. The summed E-state index contributed by atoms with van der Waals surface area (Å²) >= 11 is 5.83. The highest BCUT2D eigenvalue weighted by Crippen LogP contribution is 2.24. The lowest BCUT2D eigenvalue weighted by Crippen LogP contribution is -2.03. The van der Waals surface area contributed by atoms with Crippen LogP contribution in [-0.2, 0) is 4.79 Å². The van der Waals surface area contributed by atoms with Gasteiger partial charge in [-0.3, -0.25) is 4.79 Å². The summed E-state index contributed by atoms with van der Waals surface area (Å²) in [4.78, 5) is 11.2. The van der Waals surface area contributed by atoms with Crippen LogP contribution in [0.4, 0.5) is 0 Å². The zero-order valence-corrected chi connectivity index (χ0v) is 9.92. The molecule has 1 aromatic rings. The molecule has 0 fully saturated rings. The minimum absolute atomic E-state index is 0.228. The van der Waals surface area contributed by atoms with E-state index in [-0.39, 0.29) is 5.78 Å². The monoisotopic (exact) mass is 232 g/mol. The molecule has 2 rings (SSSR count). The first-order valence-electron chi connectivity index (χ1n) is 5.33. The average Bonchev–Trinajstić information content (AvgIpc) is 2.25. The van der Waals surface area contributed by atoms with Crippen LogP contribution in [0, 0.1) is 0 Å². The first-order chi connectivity index (χ1) is 7.65. The van der Waals surface area contributed by atoms with Gasteiger partial charge in [0, 0.05) is 11.4 Å². The molecule has 0 bridgehead atoms. The highest BCUT2D eigenvalue weighted by molar-refractivity contribution is 6.30. The molecule has 0 heterocycles. The van der Waals surface area contributed by atoms with E-state index in [4.69, 9.17) is 11.6 Å². The van der Waals surface area contributed by atoms with Crippen LogP contribution in [0.25, 0.3) is 6.08 Å². The van der Waals surface area contributed by atoms with E-state index in [9.17, 15) is 4.79 Å². The van der Waals surface area contributed by atoms with E-state index in [2.05, 4.69) is 6.08 Å². The van der Waals surface area contributed by atoms with Crippen LogP contribution in [-0.4, -0.2) is 5.78 Å². The summed E-state index contributed by atoms with van der Waals surface area (Å²) in [5, 5.41) is 0.744. The molecule has 82 valence electrons. The first-order valence-corrected chi connectivity index (χ1v) is 5.70. The summed E-state index contributed by atoms with van der Waals surface area (Å²) in [5.41, 5.74) is 3.44. The fraction of sp³-hybridized carbons (Fsp3) is 0.214. The number of rotatable bonds is 1. The molecule has 1 aromatic carbocycles. The van der Waals surface area contributed by atoms with Gasteiger partial charge in [0.1, 0.15) is 0 Å². The minimum atomic E-state index is 0.228. The van der Waals surface area contributed by atoms with E-state index in [0.717, 1.165) is 22.6 Å². The van der Waals surface area contributed by atoms with Gasteiger partial charge in [0.2, 0.25) is 0 Å². The molecule has 16 heavy (non-hydrogen) atoms. The van der Waals surface area contributed by atoms with Crippen molar-refractivity contribution in [3.63, 3.8) is 0 Å². The van der Waals surface area contributed by atoms with Crippen LogP contribution < -0.4 is 0 Å². The van der Waals surface area contributed by atoms with Gasteiger partial charge < -0.3 is 0 Å². The van der Waals surface area contributed by atoms with Crippen LogP contribution in [0.15, 0.2) is 41.5 Å². The lowest BCUT2D eigenvalue weighted by molar-refractivity contribution is -0.114. The number of allylic oxidation sites excluding steroid dienone is 3. The Balaban J connectivity index is 2.28. The molecule has 0 atom stereocenters. The topological polar surface area (TPSA) is 17.1 Å². The van der Waals surface area contributed by atoms with Crippen LogP contribution in [0.5, 0.6) is 0 Å². The Labute approximate surface area is 100 Å². The van der Waals surface area contributed by atoms with Crippen molar-refractivity contribution in [2.75, 3.05) is 0 Å². The molecule has 1 nitrogen and oxygen atoms in total. The second-order valence-electron chi connectivity index (χ2n) is 4.01. The molecule has 0 saturated carbocycles. The van der Waals surface area contributed by atoms with Crippen molar-refractivity contribution in [1.82, 2.24) is 0 Å². The Morgan fingerprint density at radius 2 is 1.88 bits per heavy atom. The lowest BCUT2D eigenvalue weighted by Gasteiger charge is -2.12. The molecule has 0 unspecified atom stereocenters. The fourth-order valence-corrected chi connectivity index (χ4v) is 1.93. The number of ketones is 1. The Morgan fingerprint density at radius 1 is 1.19 bits per heavy atom. The Hall–Kier alpha value is -1.34. The number of halogens is 1. The van der Waals surface area contributed by atoms with Gasteiger partial charge in [-0.25, -0.2) is 0 Å². The predicted molar refractivity (Wildman–Crippen MR) is 67.4 cm³/mol. The second kappa shape index (κ2) is 4.67. The molecule has 2 heteroatoms. The molecule has 0 N–H and O–H groups in total. The van der Waals surface area contributed by atoms with Crippen LogP contribution in [0.3, 0.4) is 0 Å². The third kappa shape index (κ3) is 2.61. The Kier molecular flexibility index (Phi) is 3.25. The minimum Gasteiger partial charge on any atom is -0.295 e.